The molecule has 0 amide bonds. The standard InChI is InChI=1S/C21H27F3N6/c1-2-14-9-15(29(12-21(22,23)24)8-6-13-3-4-13)10-16(14)20-28-27-18-11-26-19-17(30(18)20)5-7-25-19/h5,7,11,13-16,25H,2-4,6,8-10,12H2,1H3/t14-,15+,16+/m1/s1. The molecule has 0 aliphatic heterocycles. The third-order valence-electron chi connectivity index (χ3n) is 6.91. The molecule has 3 aromatic heterocycles. The van der Waals surface area contributed by atoms with E-state index in [0.29, 0.717) is 30.4 Å². The largest absolute Gasteiger partial charge is 0.401 e. The number of nitrogens with zero attached hydrogens (tertiary/aromatic N) is 5. The molecule has 3 aromatic rings. The van der Waals surface area contributed by atoms with E-state index in [1.54, 1.807) is 11.1 Å². The van der Waals surface area contributed by atoms with Crippen molar-refractivity contribution in [3.63, 3.8) is 0 Å². The van der Waals surface area contributed by atoms with Gasteiger partial charge in [-0.15, -0.1) is 10.2 Å². The highest BCUT2D eigenvalue weighted by Crippen LogP contribution is 2.44. The first-order valence-corrected chi connectivity index (χ1v) is 10.9. The zero-order chi connectivity index (χ0) is 20.9. The van der Waals surface area contributed by atoms with Crippen LogP contribution in [0.3, 0.4) is 0 Å². The fourth-order valence-corrected chi connectivity index (χ4v) is 5.18. The van der Waals surface area contributed by atoms with Crippen LogP contribution < -0.4 is 0 Å². The lowest BCUT2D eigenvalue weighted by atomic mass is 9.93. The predicted octanol–water partition coefficient (Wildman–Crippen LogP) is 4.54. The van der Waals surface area contributed by atoms with Crippen LogP contribution in [0, 0.1) is 11.8 Å². The van der Waals surface area contributed by atoms with E-state index in [0.717, 1.165) is 49.1 Å². The molecule has 0 aromatic carbocycles. The molecule has 162 valence electrons. The monoisotopic (exact) mass is 420 g/mol. The second-order valence-corrected chi connectivity index (χ2v) is 8.94. The maximum Gasteiger partial charge on any atom is 0.401 e. The minimum absolute atomic E-state index is 0.0729. The number of rotatable bonds is 7. The molecule has 2 fully saturated rings. The highest BCUT2D eigenvalue weighted by atomic mass is 19.4. The molecule has 0 unspecified atom stereocenters. The summed E-state index contributed by atoms with van der Waals surface area (Å²) in [5.41, 5.74) is 2.34. The number of nitrogens with one attached hydrogen (secondary N) is 1. The molecule has 5 rings (SSSR count). The van der Waals surface area contributed by atoms with Crippen molar-refractivity contribution < 1.29 is 13.2 Å². The number of hydrogen-bond acceptors (Lipinski definition) is 4. The number of alkyl halides is 3. The van der Waals surface area contributed by atoms with Gasteiger partial charge in [-0.25, -0.2) is 4.98 Å². The molecule has 0 spiro atoms. The van der Waals surface area contributed by atoms with E-state index >= 15 is 0 Å². The van der Waals surface area contributed by atoms with E-state index in [9.17, 15) is 13.2 Å². The zero-order valence-electron chi connectivity index (χ0n) is 17.1. The molecular weight excluding hydrogens is 393 g/mol. The van der Waals surface area contributed by atoms with Crippen LogP contribution in [-0.2, 0) is 0 Å². The molecule has 2 aliphatic rings. The number of fused-ring (bicyclic) bond motifs is 3. The van der Waals surface area contributed by atoms with Crippen molar-refractivity contribution in [2.24, 2.45) is 11.8 Å². The highest BCUT2D eigenvalue weighted by molar-refractivity contribution is 5.74. The zero-order valence-corrected chi connectivity index (χ0v) is 17.1. The van der Waals surface area contributed by atoms with Crippen LogP contribution in [0.4, 0.5) is 13.2 Å². The Kier molecular flexibility index (Phi) is 4.95. The first kappa shape index (κ1) is 19.8. The molecule has 6 nitrogen and oxygen atoms in total. The van der Waals surface area contributed by atoms with Crippen LogP contribution in [0.25, 0.3) is 16.8 Å². The molecule has 3 atom stereocenters. The van der Waals surface area contributed by atoms with E-state index < -0.39 is 12.7 Å². The average Bonchev–Trinajstić information content (AvgIpc) is 3.08. The maximum absolute atomic E-state index is 13.3. The van der Waals surface area contributed by atoms with Gasteiger partial charge in [0, 0.05) is 18.2 Å². The molecule has 0 bridgehead atoms. The summed E-state index contributed by atoms with van der Waals surface area (Å²) in [5, 5.41) is 8.78. The number of H-pyrrole nitrogens is 1. The topological polar surface area (TPSA) is 62.1 Å². The van der Waals surface area contributed by atoms with E-state index in [-0.39, 0.29) is 12.0 Å². The van der Waals surface area contributed by atoms with Gasteiger partial charge in [-0.1, -0.05) is 26.2 Å². The van der Waals surface area contributed by atoms with Crippen molar-refractivity contribution in [1.29, 1.82) is 0 Å². The third-order valence-corrected chi connectivity index (χ3v) is 6.91. The van der Waals surface area contributed by atoms with Crippen LogP contribution in [0.2, 0.25) is 0 Å². The second kappa shape index (κ2) is 7.51. The first-order chi connectivity index (χ1) is 14.4. The second-order valence-electron chi connectivity index (χ2n) is 8.94. The molecule has 9 heteroatoms. The molecular formula is C21H27F3N6. The molecule has 1 N–H and O–H groups in total. The van der Waals surface area contributed by atoms with Gasteiger partial charge in [-0.05, 0) is 43.7 Å². The summed E-state index contributed by atoms with van der Waals surface area (Å²) in [7, 11) is 0. The molecule has 2 aliphatic carbocycles. The molecule has 0 radical (unpaired) electrons. The summed E-state index contributed by atoms with van der Waals surface area (Å²) in [6, 6.07) is 1.87. The number of halogens is 3. The van der Waals surface area contributed by atoms with Crippen molar-refractivity contribution in [2.45, 2.75) is 63.6 Å². The normalized spacial score (nSPS) is 25.2. The van der Waals surface area contributed by atoms with Gasteiger partial charge in [0.15, 0.2) is 11.3 Å². The summed E-state index contributed by atoms with van der Waals surface area (Å²) < 4.78 is 42.0. The van der Waals surface area contributed by atoms with Gasteiger partial charge in [0.25, 0.3) is 0 Å². The van der Waals surface area contributed by atoms with Gasteiger partial charge in [0.1, 0.15) is 5.82 Å². The van der Waals surface area contributed by atoms with Crippen LogP contribution in [0.5, 0.6) is 0 Å². The first-order valence-electron chi connectivity index (χ1n) is 10.9. The molecule has 3 heterocycles. The van der Waals surface area contributed by atoms with E-state index in [1.807, 2.05) is 16.7 Å². The maximum atomic E-state index is 13.3. The Bertz CT molecular complexity index is 1020. The van der Waals surface area contributed by atoms with Gasteiger partial charge < -0.3 is 4.98 Å². The van der Waals surface area contributed by atoms with Crippen molar-refractivity contribution in [3.05, 3.63) is 24.3 Å². The van der Waals surface area contributed by atoms with Crippen molar-refractivity contribution >= 4 is 16.8 Å². The SMILES string of the molecule is CC[C@@H]1C[C@H](N(CCC2CC2)CC(F)(F)F)C[C@@H]1c1nnc2cnc3[nH]ccc3n12. The van der Waals surface area contributed by atoms with Gasteiger partial charge in [-0.2, -0.15) is 13.2 Å². The van der Waals surface area contributed by atoms with Crippen molar-refractivity contribution in [1.82, 2.24) is 29.5 Å². The summed E-state index contributed by atoms with van der Waals surface area (Å²) in [6.45, 7) is 1.83. The summed E-state index contributed by atoms with van der Waals surface area (Å²) in [6.07, 6.45) is 4.93. The lowest BCUT2D eigenvalue weighted by Crippen LogP contribution is -2.41. The van der Waals surface area contributed by atoms with Crippen LogP contribution in [-0.4, -0.2) is 54.8 Å². The van der Waals surface area contributed by atoms with E-state index in [4.69, 9.17) is 0 Å². The molecule has 30 heavy (non-hydrogen) atoms. The van der Waals surface area contributed by atoms with Crippen molar-refractivity contribution in [3.8, 4) is 0 Å². The minimum atomic E-state index is -4.17. The van der Waals surface area contributed by atoms with Crippen molar-refractivity contribution in [2.75, 3.05) is 13.1 Å². The third kappa shape index (κ3) is 3.79. The summed E-state index contributed by atoms with van der Waals surface area (Å²) in [4.78, 5) is 9.17. The smallest absolute Gasteiger partial charge is 0.345 e. The predicted molar refractivity (Wildman–Crippen MR) is 107 cm³/mol. The van der Waals surface area contributed by atoms with Gasteiger partial charge in [-0.3, -0.25) is 9.30 Å². The Morgan fingerprint density at radius 3 is 2.80 bits per heavy atom. The highest BCUT2D eigenvalue weighted by Gasteiger charge is 2.42. The Morgan fingerprint density at radius 2 is 2.07 bits per heavy atom. The number of aromatic amines is 1. The molecule has 0 saturated heterocycles. The van der Waals surface area contributed by atoms with E-state index in [1.165, 1.54) is 0 Å². The van der Waals surface area contributed by atoms with Crippen LogP contribution in [0.15, 0.2) is 18.5 Å². The Morgan fingerprint density at radius 1 is 1.23 bits per heavy atom. The van der Waals surface area contributed by atoms with Gasteiger partial charge >= 0.3 is 6.18 Å². The fraction of sp³-hybridized carbons (Fsp3) is 0.667. The summed E-state index contributed by atoms with van der Waals surface area (Å²) in [5.74, 6) is 1.85. The minimum Gasteiger partial charge on any atom is -0.345 e. The van der Waals surface area contributed by atoms with E-state index in [2.05, 4.69) is 27.1 Å². The Hall–Kier alpha value is -2.16. The summed E-state index contributed by atoms with van der Waals surface area (Å²) >= 11 is 0. The van der Waals surface area contributed by atoms with Crippen LogP contribution >= 0.6 is 0 Å². The lowest BCUT2D eigenvalue weighted by Gasteiger charge is -2.30. The van der Waals surface area contributed by atoms with Gasteiger partial charge in [0.05, 0.1) is 18.3 Å². The Labute approximate surface area is 172 Å². The Balaban J connectivity index is 1.44. The number of aromatic nitrogens is 5. The molecule has 2 saturated carbocycles. The average molecular weight is 420 g/mol. The van der Waals surface area contributed by atoms with Crippen LogP contribution in [0.1, 0.15) is 57.2 Å². The lowest BCUT2D eigenvalue weighted by molar-refractivity contribution is -0.151. The quantitative estimate of drug-likeness (QED) is 0.610. The van der Waals surface area contributed by atoms with Gasteiger partial charge in [0.2, 0.25) is 0 Å². The fourth-order valence-electron chi connectivity index (χ4n) is 5.18. The number of hydrogen-bond donors (Lipinski definition) is 1.